The summed E-state index contributed by atoms with van der Waals surface area (Å²) in [7, 11) is 0. The van der Waals surface area contributed by atoms with E-state index in [0.717, 1.165) is 36.4 Å². The van der Waals surface area contributed by atoms with Gasteiger partial charge in [-0.1, -0.05) is 43.9 Å². The van der Waals surface area contributed by atoms with Crippen molar-refractivity contribution in [2.75, 3.05) is 5.32 Å². The molecule has 2 saturated heterocycles. The summed E-state index contributed by atoms with van der Waals surface area (Å²) in [6.07, 6.45) is 17.3. The Morgan fingerprint density at radius 2 is 1.57 bits per heavy atom. The van der Waals surface area contributed by atoms with E-state index in [-0.39, 0.29) is 5.78 Å². The van der Waals surface area contributed by atoms with Gasteiger partial charge in [-0.15, -0.1) is 0 Å². The van der Waals surface area contributed by atoms with E-state index in [1.54, 1.807) is 6.92 Å². The van der Waals surface area contributed by atoms with Crippen LogP contribution in [0.5, 0.6) is 0 Å². The highest BCUT2D eigenvalue weighted by atomic mass is 16.1. The molecule has 1 N–H and O–H groups in total. The largest absolute Gasteiger partial charge is 0.382 e. The normalized spacial score (nSPS) is 36.3. The number of nitrogens with zero attached hydrogens (tertiary/aromatic N) is 1. The number of rotatable bonds is 6. The van der Waals surface area contributed by atoms with Gasteiger partial charge in [0.15, 0.2) is 0 Å². The van der Waals surface area contributed by atoms with Crippen LogP contribution in [0.25, 0.3) is 0 Å². The van der Waals surface area contributed by atoms with Gasteiger partial charge in [0.1, 0.15) is 5.78 Å². The van der Waals surface area contributed by atoms with Crippen molar-refractivity contribution < 1.29 is 4.79 Å². The van der Waals surface area contributed by atoms with Gasteiger partial charge in [-0.25, -0.2) is 0 Å². The Morgan fingerprint density at radius 3 is 2.27 bits per heavy atom. The number of anilines is 1. The number of ketones is 1. The molecule has 0 spiro atoms. The molecule has 4 aliphatic rings. The molecule has 1 aromatic rings. The fourth-order valence-electron chi connectivity index (χ4n) is 7.48. The summed E-state index contributed by atoms with van der Waals surface area (Å²) in [6.45, 7) is 1.70. The zero-order valence-corrected chi connectivity index (χ0v) is 18.8. The van der Waals surface area contributed by atoms with Crippen LogP contribution in [0.1, 0.15) is 89.5 Å². The van der Waals surface area contributed by atoms with Gasteiger partial charge < -0.3 is 10.1 Å². The highest BCUT2D eigenvalue weighted by Crippen LogP contribution is 2.46. The second-order valence-corrected chi connectivity index (χ2v) is 10.9. The number of carbonyl (C=O) groups is 1. The fraction of sp³-hybridized carbons (Fsp3) is 0.741. The van der Waals surface area contributed by atoms with E-state index in [1.165, 1.54) is 81.9 Å². The lowest BCUT2D eigenvalue weighted by molar-refractivity contribution is -0.116. The van der Waals surface area contributed by atoms with Gasteiger partial charge in [0.25, 0.3) is 0 Å². The Bertz CT molecular complexity index is 720. The molecule has 3 heteroatoms. The van der Waals surface area contributed by atoms with Gasteiger partial charge in [0.2, 0.25) is 0 Å². The second kappa shape index (κ2) is 9.02. The molecule has 2 heterocycles. The van der Waals surface area contributed by atoms with Crippen molar-refractivity contribution >= 4 is 11.5 Å². The quantitative estimate of drug-likeness (QED) is 0.629. The average Bonchev–Trinajstić information content (AvgIpc) is 2.72. The lowest BCUT2D eigenvalue weighted by Crippen LogP contribution is -2.60. The third-order valence-electron chi connectivity index (χ3n) is 8.68. The summed E-state index contributed by atoms with van der Waals surface area (Å²) in [5.41, 5.74) is 2.57. The number of piperidine rings is 2. The van der Waals surface area contributed by atoms with Gasteiger partial charge in [0, 0.05) is 36.3 Å². The maximum atomic E-state index is 11.5. The molecule has 2 aliphatic heterocycles. The lowest BCUT2D eigenvalue weighted by atomic mass is 9.68. The first-order valence-corrected chi connectivity index (χ1v) is 12.8. The van der Waals surface area contributed by atoms with Crippen molar-refractivity contribution in [1.82, 2.24) is 4.90 Å². The van der Waals surface area contributed by atoms with Gasteiger partial charge in [-0.05, 0) is 81.8 Å². The molecule has 4 bridgehead atoms. The zero-order valence-electron chi connectivity index (χ0n) is 18.8. The number of carbonyl (C=O) groups excluding carboxylic acids is 1. The van der Waals surface area contributed by atoms with Gasteiger partial charge in [0.05, 0.1) is 0 Å². The Morgan fingerprint density at radius 1 is 0.900 bits per heavy atom. The summed E-state index contributed by atoms with van der Waals surface area (Å²) in [6, 6.07) is 11.7. The van der Waals surface area contributed by atoms with Crippen molar-refractivity contribution in [1.29, 1.82) is 0 Å². The Labute approximate surface area is 183 Å². The molecular weight excluding hydrogens is 368 g/mol. The number of benzene rings is 1. The average molecular weight is 409 g/mol. The highest BCUT2D eigenvalue weighted by molar-refractivity contribution is 5.76. The van der Waals surface area contributed by atoms with Crippen LogP contribution in [0.2, 0.25) is 0 Å². The van der Waals surface area contributed by atoms with E-state index in [1.807, 2.05) is 0 Å². The predicted octanol–water partition coefficient (Wildman–Crippen LogP) is 5.97. The highest BCUT2D eigenvalue weighted by Gasteiger charge is 2.44. The number of para-hydroxylation sites is 1. The van der Waals surface area contributed by atoms with E-state index < -0.39 is 0 Å². The summed E-state index contributed by atoms with van der Waals surface area (Å²) < 4.78 is 0. The molecule has 0 aromatic heterocycles. The van der Waals surface area contributed by atoms with Gasteiger partial charge in [-0.3, -0.25) is 4.90 Å². The molecule has 4 fully saturated rings. The van der Waals surface area contributed by atoms with Crippen LogP contribution in [0.15, 0.2) is 24.3 Å². The fourth-order valence-corrected chi connectivity index (χ4v) is 7.48. The van der Waals surface area contributed by atoms with Gasteiger partial charge in [-0.2, -0.15) is 0 Å². The first-order valence-electron chi connectivity index (χ1n) is 12.8. The van der Waals surface area contributed by atoms with Crippen LogP contribution in [0, 0.1) is 11.8 Å². The third kappa shape index (κ3) is 4.47. The smallest absolute Gasteiger partial charge is 0.130 e. The van der Waals surface area contributed by atoms with Crippen molar-refractivity contribution in [2.45, 2.75) is 115 Å². The minimum absolute atomic E-state index is 0.282. The minimum atomic E-state index is 0.282. The lowest BCUT2D eigenvalue weighted by Gasteiger charge is -2.55. The molecular formula is C27H40N2O. The molecule has 30 heavy (non-hydrogen) atoms. The summed E-state index contributed by atoms with van der Waals surface area (Å²) >= 11 is 0. The van der Waals surface area contributed by atoms with Crippen LogP contribution >= 0.6 is 0 Å². The first-order chi connectivity index (χ1) is 14.7. The Hall–Kier alpha value is -1.35. The number of fused-ring (bicyclic) bond motifs is 4. The maximum absolute atomic E-state index is 11.5. The molecule has 5 rings (SSSR count). The molecule has 1 aromatic carbocycles. The van der Waals surface area contributed by atoms with Crippen LogP contribution in [-0.4, -0.2) is 34.9 Å². The molecule has 4 atom stereocenters. The predicted molar refractivity (Wildman–Crippen MR) is 124 cm³/mol. The summed E-state index contributed by atoms with van der Waals surface area (Å²) in [5.74, 6) is 2.32. The molecule has 2 aliphatic carbocycles. The Kier molecular flexibility index (Phi) is 6.18. The topological polar surface area (TPSA) is 32.3 Å². The molecule has 0 radical (unpaired) electrons. The standard InChI is InChI=1S/C27H40N2O/c1-19(30)12-13-22-8-2-3-11-27(22)28-23-17-24-9-5-10-25(18-23)29(24)26-15-20-6-4-7-21(14-20)16-26/h2-3,8,11,20-21,23-26,28H,4-7,9-10,12-18H2,1H3. The SMILES string of the molecule is CC(=O)CCc1ccccc1NC1CC2CCCC(C1)N2C1CC2CCCC(C2)C1. The minimum Gasteiger partial charge on any atom is -0.382 e. The van der Waals surface area contributed by atoms with Crippen LogP contribution in [0.3, 0.4) is 0 Å². The second-order valence-electron chi connectivity index (χ2n) is 10.9. The van der Waals surface area contributed by atoms with Crippen molar-refractivity contribution in [3.8, 4) is 0 Å². The number of aryl methyl sites for hydroxylation is 1. The van der Waals surface area contributed by atoms with E-state index >= 15 is 0 Å². The zero-order chi connectivity index (χ0) is 20.5. The number of hydrogen-bond donors (Lipinski definition) is 1. The number of Topliss-reactive ketones (excluding diaryl/α,β-unsaturated/α-hetero) is 1. The maximum Gasteiger partial charge on any atom is 0.130 e. The number of hydrogen-bond acceptors (Lipinski definition) is 3. The molecule has 3 nitrogen and oxygen atoms in total. The van der Waals surface area contributed by atoms with Crippen molar-refractivity contribution in [3.05, 3.63) is 29.8 Å². The molecule has 2 saturated carbocycles. The van der Waals surface area contributed by atoms with Crippen LogP contribution in [-0.2, 0) is 11.2 Å². The summed E-state index contributed by atoms with van der Waals surface area (Å²) in [5, 5.41) is 3.93. The van der Waals surface area contributed by atoms with Crippen molar-refractivity contribution in [2.24, 2.45) is 11.8 Å². The third-order valence-corrected chi connectivity index (χ3v) is 8.68. The van der Waals surface area contributed by atoms with E-state index in [2.05, 4.69) is 34.5 Å². The van der Waals surface area contributed by atoms with E-state index in [0.29, 0.717) is 12.5 Å². The van der Waals surface area contributed by atoms with Gasteiger partial charge >= 0.3 is 0 Å². The summed E-state index contributed by atoms with van der Waals surface area (Å²) in [4.78, 5) is 14.5. The van der Waals surface area contributed by atoms with Crippen molar-refractivity contribution in [3.63, 3.8) is 0 Å². The molecule has 4 unspecified atom stereocenters. The first kappa shape index (κ1) is 20.5. The van der Waals surface area contributed by atoms with Crippen LogP contribution < -0.4 is 5.32 Å². The van der Waals surface area contributed by atoms with E-state index in [4.69, 9.17) is 0 Å². The Balaban J connectivity index is 1.26. The van der Waals surface area contributed by atoms with Crippen LogP contribution in [0.4, 0.5) is 5.69 Å². The number of nitrogens with one attached hydrogen (secondary N) is 1. The molecule has 164 valence electrons. The molecule has 0 amide bonds. The monoisotopic (exact) mass is 408 g/mol. The van der Waals surface area contributed by atoms with E-state index in [9.17, 15) is 4.79 Å².